The Morgan fingerprint density at radius 1 is 0.508 bits per heavy atom. The number of benzene rings is 6. The lowest BCUT2D eigenvalue weighted by atomic mass is 9.78. The Hall–Kier alpha value is -6.26. The van der Waals surface area contributed by atoms with Gasteiger partial charge in [-0.05, 0) is 122 Å². The molecule has 0 radical (unpaired) electrons. The maximum absolute atomic E-state index is 13.0. The summed E-state index contributed by atoms with van der Waals surface area (Å²) in [6.07, 6.45) is 1.73. The second kappa shape index (κ2) is 15.8. The number of hydrogen-bond donors (Lipinski definition) is 1. The molecule has 8 aromatic rings. The van der Waals surface area contributed by atoms with Gasteiger partial charge >= 0.3 is 0 Å². The topological polar surface area (TPSA) is 50.9 Å². The van der Waals surface area contributed by atoms with E-state index in [1.165, 1.54) is 0 Å². The molecule has 8 rings (SSSR count). The van der Waals surface area contributed by atoms with Crippen molar-refractivity contribution in [1.82, 2.24) is 14.5 Å². The van der Waals surface area contributed by atoms with E-state index >= 15 is 0 Å². The molecule has 4 nitrogen and oxygen atoms in total. The lowest BCUT2D eigenvalue weighted by Gasteiger charge is -2.28. The first-order valence-electron chi connectivity index (χ1n) is 29.9. The SMILES string of the molecule is [2H]C([2H])([2H])C(c1cc(-c2nc3c(-c4cc(-c5cc(-c6ccc(C)cc6)ccn5)cc(C(C)(C)C)c4)cccc3n2-c2ccc(-c3ccccc3)cc2C(C)(C)C)c(O)c(C(C([2H])([2H])[2H])(C([2H])([2H])[2H])C([2H])([2H])[2H])c1)(C([2H])([2H])[2H])C([2H])([2H])[2H]. The van der Waals surface area contributed by atoms with Crippen molar-refractivity contribution in [2.45, 2.75) is 111 Å². The van der Waals surface area contributed by atoms with E-state index in [0.29, 0.717) is 39.7 Å². The monoisotopic (exact) mass is 848 g/mol. The Balaban J connectivity index is 1.61. The number of phenols is 1. The van der Waals surface area contributed by atoms with Crippen molar-refractivity contribution in [1.29, 1.82) is 0 Å². The fourth-order valence-electron chi connectivity index (χ4n) is 8.08. The summed E-state index contributed by atoms with van der Waals surface area (Å²) in [4.78, 5) is 10.0. The van der Waals surface area contributed by atoms with E-state index < -0.39 is 85.2 Å². The number of para-hydroxylation sites is 1. The Kier molecular flexibility index (Phi) is 6.63. The molecule has 0 atom stereocenters. The van der Waals surface area contributed by atoms with Crippen LogP contribution in [0.15, 0.2) is 140 Å². The summed E-state index contributed by atoms with van der Waals surface area (Å²) in [7, 11) is 0. The van der Waals surface area contributed by atoms with Crippen molar-refractivity contribution in [2.24, 2.45) is 0 Å². The smallest absolute Gasteiger partial charge is 0.149 e. The van der Waals surface area contributed by atoms with Gasteiger partial charge in [-0.2, -0.15) is 0 Å². The summed E-state index contributed by atoms with van der Waals surface area (Å²) in [6.45, 7) is -10.5. The van der Waals surface area contributed by atoms with E-state index in [1.54, 1.807) is 35.0 Å². The van der Waals surface area contributed by atoms with Crippen LogP contribution in [0.25, 0.3) is 72.7 Å². The molecule has 0 unspecified atom stereocenters. The van der Waals surface area contributed by atoms with Gasteiger partial charge in [0.05, 0.1) is 28.0 Å². The molecule has 4 heteroatoms. The third-order valence-electron chi connectivity index (χ3n) is 11.6. The third-order valence-corrected chi connectivity index (χ3v) is 11.6. The summed E-state index contributed by atoms with van der Waals surface area (Å²) in [5.41, 5.74) is -3.25. The van der Waals surface area contributed by atoms with Crippen molar-refractivity contribution in [3.05, 3.63) is 167 Å². The average molecular weight is 848 g/mol. The van der Waals surface area contributed by atoms with Crippen LogP contribution in [0.3, 0.4) is 0 Å². The molecule has 0 bridgehead atoms. The number of pyridine rings is 1. The summed E-state index contributed by atoms with van der Waals surface area (Å²) < 4.78 is 160. The molecule has 320 valence electrons. The minimum Gasteiger partial charge on any atom is -0.507 e. The van der Waals surface area contributed by atoms with Crippen LogP contribution in [-0.4, -0.2) is 19.6 Å². The molecule has 2 heterocycles. The molecule has 1 N–H and O–H groups in total. The molecule has 0 saturated heterocycles. The molecule has 0 aliphatic carbocycles. The second-order valence-corrected chi connectivity index (χ2v) is 18.6. The molecule has 2 aromatic heterocycles. The summed E-state index contributed by atoms with van der Waals surface area (Å²) in [5.74, 6) is -1.73. The Bertz CT molecular complexity index is 3590. The molecule has 0 aliphatic heterocycles. The molecular formula is C59H63N3O. The Labute approximate surface area is 401 Å². The van der Waals surface area contributed by atoms with E-state index in [-0.39, 0.29) is 11.3 Å². The first-order valence-corrected chi connectivity index (χ1v) is 20.9. The van der Waals surface area contributed by atoms with Gasteiger partial charge in [-0.1, -0.05) is 173 Å². The van der Waals surface area contributed by atoms with Crippen molar-refractivity contribution in [3.63, 3.8) is 0 Å². The number of phenolic OH excluding ortho intramolecular Hbond substituents is 1. The van der Waals surface area contributed by atoms with Crippen LogP contribution in [0, 0.1) is 6.92 Å². The van der Waals surface area contributed by atoms with E-state index in [2.05, 4.69) is 20.8 Å². The number of hydrogen-bond acceptors (Lipinski definition) is 3. The molecule has 6 aromatic carbocycles. The number of imidazole rings is 1. The predicted octanol–water partition coefficient (Wildman–Crippen LogP) is 16.0. The molecule has 0 spiro atoms. The number of rotatable bonds is 6. The van der Waals surface area contributed by atoms with Crippen LogP contribution in [0.2, 0.25) is 0 Å². The Morgan fingerprint density at radius 2 is 1.16 bits per heavy atom. The highest BCUT2D eigenvalue weighted by atomic mass is 16.3. The fourth-order valence-corrected chi connectivity index (χ4v) is 8.08. The van der Waals surface area contributed by atoms with Gasteiger partial charge in [-0.3, -0.25) is 9.55 Å². The molecule has 0 fully saturated rings. The lowest BCUT2D eigenvalue weighted by Crippen LogP contribution is -2.18. The minimum absolute atomic E-state index is 0.201. The van der Waals surface area contributed by atoms with E-state index in [0.717, 1.165) is 45.0 Å². The number of nitrogens with zero attached hydrogens (tertiary/aromatic N) is 3. The van der Waals surface area contributed by atoms with Gasteiger partial charge in [0.1, 0.15) is 11.6 Å². The lowest BCUT2D eigenvalue weighted by molar-refractivity contribution is 0.446. The minimum atomic E-state index is -4.13. The summed E-state index contributed by atoms with van der Waals surface area (Å²) >= 11 is 0. The summed E-state index contributed by atoms with van der Waals surface area (Å²) in [5, 5.41) is 13.0. The van der Waals surface area contributed by atoms with Gasteiger partial charge in [0.25, 0.3) is 0 Å². The summed E-state index contributed by atoms with van der Waals surface area (Å²) in [6, 6.07) is 39.3. The maximum Gasteiger partial charge on any atom is 0.149 e. The van der Waals surface area contributed by atoms with Gasteiger partial charge in [-0.25, -0.2) is 4.98 Å². The molecule has 0 aliphatic rings. The number of aryl methyl sites for hydroxylation is 1. The van der Waals surface area contributed by atoms with E-state index in [4.69, 9.17) is 34.6 Å². The van der Waals surface area contributed by atoms with Gasteiger partial charge in [-0.15, -0.1) is 0 Å². The molecule has 0 saturated carbocycles. The molecule has 0 amide bonds. The third kappa shape index (κ3) is 8.61. The zero-order valence-corrected chi connectivity index (χ0v) is 36.6. The van der Waals surface area contributed by atoms with Gasteiger partial charge in [0.15, 0.2) is 0 Å². The van der Waals surface area contributed by atoms with Crippen LogP contribution < -0.4 is 0 Å². The first-order chi connectivity index (χ1) is 37.1. The maximum atomic E-state index is 13.0. The van der Waals surface area contributed by atoms with Crippen LogP contribution in [-0.2, 0) is 21.7 Å². The van der Waals surface area contributed by atoms with Gasteiger partial charge in [0.2, 0.25) is 0 Å². The average Bonchev–Trinajstić information content (AvgIpc) is 3.68. The van der Waals surface area contributed by atoms with Crippen molar-refractivity contribution in [2.75, 3.05) is 0 Å². The van der Waals surface area contributed by atoms with E-state index in [9.17, 15) is 5.11 Å². The van der Waals surface area contributed by atoms with Crippen LogP contribution in [0.4, 0.5) is 0 Å². The standard InChI is InChI=1S/C59H63N3O/c1-37-22-24-39(25-23-37)41-28-29-60-50(34-41)43-30-42(31-44(32-43)56(2,3)4)46-20-17-21-52-53(46)61-55(47-35-45(57(5,6)7)36-49(54(47)63)59(11,12)13)62(52)51-27-26-40(33-48(51)58(8,9)10)38-18-15-14-16-19-38/h14-36,63H,1-13H3/i5D3,6D3,7D3,11D3,12D3,13D3. The number of fused-ring (bicyclic) bond motifs is 1. The highest BCUT2D eigenvalue weighted by Crippen LogP contribution is 2.46. The van der Waals surface area contributed by atoms with Crippen LogP contribution >= 0.6 is 0 Å². The van der Waals surface area contributed by atoms with Crippen LogP contribution in [0.5, 0.6) is 5.75 Å². The van der Waals surface area contributed by atoms with Crippen molar-refractivity contribution >= 4 is 11.0 Å². The highest BCUT2D eigenvalue weighted by Gasteiger charge is 2.30. The normalized spacial score (nSPS) is 18.0. The zero-order chi connectivity index (χ0) is 60.2. The zero-order valence-electron chi connectivity index (χ0n) is 54.6. The quantitative estimate of drug-likeness (QED) is 0.181. The van der Waals surface area contributed by atoms with Gasteiger partial charge in [0, 0.05) is 47.6 Å². The van der Waals surface area contributed by atoms with E-state index in [1.807, 2.05) is 125 Å². The first kappa shape index (κ1) is 26.4. The highest BCUT2D eigenvalue weighted by molar-refractivity contribution is 5.97. The molecular weight excluding hydrogens is 767 g/mol. The number of aromatic nitrogens is 3. The second-order valence-electron chi connectivity index (χ2n) is 18.6. The van der Waals surface area contributed by atoms with Crippen molar-refractivity contribution in [3.8, 4) is 67.5 Å². The molecule has 63 heavy (non-hydrogen) atoms. The largest absolute Gasteiger partial charge is 0.507 e. The van der Waals surface area contributed by atoms with Crippen LogP contribution in [0.1, 0.15) is 135 Å². The predicted molar refractivity (Wildman–Crippen MR) is 267 cm³/mol. The van der Waals surface area contributed by atoms with Gasteiger partial charge < -0.3 is 5.11 Å². The Morgan fingerprint density at radius 3 is 1.84 bits per heavy atom. The fraction of sp³-hybridized carbons (Fsp3) is 0.288. The van der Waals surface area contributed by atoms with Crippen molar-refractivity contribution < 1.29 is 29.8 Å². The number of aromatic hydroxyl groups is 1.